The van der Waals surface area contributed by atoms with Gasteiger partial charge in [-0.15, -0.1) is 11.3 Å². The number of rotatable bonds is 9. The highest BCUT2D eigenvalue weighted by Crippen LogP contribution is 2.29. The standard InChI is InChI=1S/C24H24N2O3S2/c1-16-5-3-4-6-19(16)21-13-17(7-9-18-14-31-15-25-18)8-10-20(21)23(27)26-22(24(28)29)11-12-30-2/h3-10,13-15,22H,11-12H2,1-2H3,(H,26,27)(H,28,29)/b9-7+. The number of hydrogen-bond acceptors (Lipinski definition) is 5. The zero-order valence-corrected chi connectivity index (χ0v) is 19.0. The Morgan fingerprint density at radius 2 is 2.00 bits per heavy atom. The molecule has 0 saturated heterocycles. The molecular weight excluding hydrogens is 428 g/mol. The van der Waals surface area contributed by atoms with Crippen LogP contribution in [0.15, 0.2) is 53.4 Å². The molecule has 160 valence electrons. The Morgan fingerprint density at radius 1 is 1.19 bits per heavy atom. The van der Waals surface area contributed by atoms with Gasteiger partial charge in [-0.25, -0.2) is 9.78 Å². The molecule has 1 aromatic heterocycles. The molecule has 0 saturated carbocycles. The lowest BCUT2D eigenvalue weighted by Crippen LogP contribution is -2.41. The summed E-state index contributed by atoms with van der Waals surface area (Å²) in [6.07, 6.45) is 6.17. The number of carbonyl (C=O) groups is 2. The van der Waals surface area contributed by atoms with E-state index in [1.807, 2.05) is 67.1 Å². The van der Waals surface area contributed by atoms with Crippen LogP contribution in [0.4, 0.5) is 0 Å². The van der Waals surface area contributed by atoms with Crippen LogP contribution in [0.25, 0.3) is 23.3 Å². The molecule has 0 aliphatic rings. The minimum atomic E-state index is -1.03. The number of aromatic nitrogens is 1. The minimum absolute atomic E-state index is 0.371. The molecule has 7 heteroatoms. The lowest BCUT2D eigenvalue weighted by molar-refractivity contribution is -0.139. The highest BCUT2D eigenvalue weighted by Gasteiger charge is 2.22. The van der Waals surface area contributed by atoms with Crippen LogP contribution >= 0.6 is 23.1 Å². The molecule has 2 aromatic carbocycles. The monoisotopic (exact) mass is 452 g/mol. The van der Waals surface area contributed by atoms with E-state index in [-0.39, 0.29) is 5.91 Å². The topological polar surface area (TPSA) is 79.3 Å². The SMILES string of the molecule is CSCCC(NC(=O)c1ccc(/C=C/c2cscn2)cc1-c1ccccc1C)C(=O)O. The fourth-order valence-corrected chi connectivity index (χ4v) is 4.17. The van der Waals surface area contributed by atoms with Crippen LogP contribution in [-0.4, -0.2) is 40.0 Å². The van der Waals surface area contributed by atoms with Crippen LogP contribution in [0.3, 0.4) is 0 Å². The molecule has 0 aliphatic carbocycles. The van der Waals surface area contributed by atoms with Gasteiger partial charge < -0.3 is 10.4 Å². The number of aliphatic carboxylic acids is 1. The predicted molar refractivity (Wildman–Crippen MR) is 130 cm³/mol. The second-order valence-electron chi connectivity index (χ2n) is 7.01. The number of carbonyl (C=O) groups excluding carboxylic acids is 1. The molecule has 3 aromatic rings. The fraction of sp³-hybridized carbons (Fsp3) is 0.208. The van der Waals surface area contributed by atoms with Gasteiger partial charge in [-0.2, -0.15) is 11.8 Å². The maximum atomic E-state index is 13.1. The first kappa shape index (κ1) is 22.8. The van der Waals surface area contributed by atoms with Crippen molar-refractivity contribution >= 4 is 47.1 Å². The van der Waals surface area contributed by atoms with E-state index in [0.29, 0.717) is 17.7 Å². The van der Waals surface area contributed by atoms with Crippen molar-refractivity contribution in [3.8, 4) is 11.1 Å². The van der Waals surface area contributed by atoms with E-state index in [1.165, 1.54) is 11.3 Å². The van der Waals surface area contributed by atoms with E-state index in [0.717, 1.165) is 27.9 Å². The summed E-state index contributed by atoms with van der Waals surface area (Å²) < 4.78 is 0. The summed E-state index contributed by atoms with van der Waals surface area (Å²) in [6.45, 7) is 1.99. The smallest absolute Gasteiger partial charge is 0.326 e. The number of nitrogens with zero attached hydrogens (tertiary/aromatic N) is 1. The summed E-state index contributed by atoms with van der Waals surface area (Å²) in [4.78, 5) is 28.9. The second kappa shape index (κ2) is 10.9. The van der Waals surface area contributed by atoms with Crippen LogP contribution in [0.2, 0.25) is 0 Å². The number of hydrogen-bond donors (Lipinski definition) is 2. The first-order chi connectivity index (χ1) is 15.0. The van der Waals surface area contributed by atoms with Gasteiger partial charge in [-0.3, -0.25) is 4.79 Å². The first-order valence-electron chi connectivity index (χ1n) is 9.78. The summed E-state index contributed by atoms with van der Waals surface area (Å²) in [5, 5.41) is 14.1. The molecule has 5 nitrogen and oxygen atoms in total. The number of carboxylic acids is 1. The third kappa shape index (κ3) is 6.06. The van der Waals surface area contributed by atoms with Crippen LogP contribution < -0.4 is 5.32 Å². The van der Waals surface area contributed by atoms with Crippen LogP contribution in [0.5, 0.6) is 0 Å². The van der Waals surface area contributed by atoms with Crippen LogP contribution in [-0.2, 0) is 4.79 Å². The van der Waals surface area contributed by atoms with Gasteiger partial charge in [-0.05, 0) is 65.8 Å². The summed E-state index contributed by atoms with van der Waals surface area (Å²) in [6, 6.07) is 12.5. The number of aryl methyl sites for hydroxylation is 1. The zero-order valence-electron chi connectivity index (χ0n) is 17.4. The van der Waals surface area contributed by atoms with Gasteiger partial charge in [0.05, 0.1) is 11.2 Å². The third-order valence-electron chi connectivity index (χ3n) is 4.84. The Balaban J connectivity index is 1.97. The third-order valence-corrected chi connectivity index (χ3v) is 6.08. The fourth-order valence-electron chi connectivity index (χ4n) is 3.18. The van der Waals surface area contributed by atoms with Crippen molar-refractivity contribution in [3.63, 3.8) is 0 Å². The molecule has 3 rings (SSSR count). The number of carboxylic acid groups (broad SMARTS) is 1. The largest absolute Gasteiger partial charge is 0.480 e. The summed E-state index contributed by atoms with van der Waals surface area (Å²) in [5.74, 6) is -0.758. The van der Waals surface area contributed by atoms with Crippen molar-refractivity contribution in [3.05, 3.63) is 75.7 Å². The second-order valence-corrected chi connectivity index (χ2v) is 8.72. The van der Waals surface area contributed by atoms with Gasteiger partial charge in [0.25, 0.3) is 5.91 Å². The number of thioether (sulfide) groups is 1. The van der Waals surface area contributed by atoms with Crippen molar-refractivity contribution in [1.29, 1.82) is 0 Å². The molecule has 1 heterocycles. The van der Waals surface area contributed by atoms with Crippen molar-refractivity contribution in [2.75, 3.05) is 12.0 Å². The normalized spacial score (nSPS) is 12.1. The lowest BCUT2D eigenvalue weighted by atomic mass is 9.93. The molecule has 0 aliphatic heterocycles. The maximum absolute atomic E-state index is 13.1. The molecule has 2 N–H and O–H groups in total. The van der Waals surface area contributed by atoms with Crippen molar-refractivity contribution in [1.82, 2.24) is 10.3 Å². The van der Waals surface area contributed by atoms with E-state index < -0.39 is 12.0 Å². The highest BCUT2D eigenvalue weighted by molar-refractivity contribution is 7.98. The van der Waals surface area contributed by atoms with Gasteiger partial charge in [0.1, 0.15) is 6.04 Å². The Hall–Kier alpha value is -2.90. The Morgan fingerprint density at radius 3 is 2.68 bits per heavy atom. The van der Waals surface area contributed by atoms with Gasteiger partial charge >= 0.3 is 5.97 Å². The average molecular weight is 453 g/mol. The molecule has 0 spiro atoms. The molecule has 31 heavy (non-hydrogen) atoms. The molecule has 0 fully saturated rings. The van der Waals surface area contributed by atoms with E-state index in [2.05, 4.69) is 10.3 Å². The molecular formula is C24H24N2O3S2. The molecule has 0 radical (unpaired) electrons. The summed E-state index contributed by atoms with van der Waals surface area (Å²) in [5.41, 5.74) is 6.78. The quantitative estimate of drug-likeness (QED) is 0.465. The van der Waals surface area contributed by atoms with Crippen LogP contribution in [0.1, 0.15) is 33.6 Å². The van der Waals surface area contributed by atoms with Gasteiger partial charge in [0, 0.05) is 10.9 Å². The summed E-state index contributed by atoms with van der Waals surface area (Å²) in [7, 11) is 0. The average Bonchev–Trinajstić information content (AvgIpc) is 3.29. The Kier molecular flexibility index (Phi) is 8.03. The Bertz CT molecular complexity index is 1080. The molecule has 0 bridgehead atoms. The van der Waals surface area contributed by atoms with Gasteiger partial charge in [-0.1, -0.05) is 36.4 Å². The molecule has 1 unspecified atom stereocenters. The number of amides is 1. The maximum Gasteiger partial charge on any atom is 0.326 e. The van der Waals surface area contributed by atoms with E-state index in [9.17, 15) is 14.7 Å². The first-order valence-corrected chi connectivity index (χ1v) is 12.1. The van der Waals surface area contributed by atoms with E-state index in [4.69, 9.17) is 0 Å². The van der Waals surface area contributed by atoms with E-state index >= 15 is 0 Å². The van der Waals surface area contributed by atoms with Gasteiger partial charge in [0.2, 0.25) is 0 Å². The van der Waals surface area contributed by atoms with Crippen molar-refractivity contribution in [2.45, 2.75) is 19.4 Å². The number of nitrogens with one attached hydrogen (secondary N) is 1. The van der Waals surface area contributed by atoms with Crippen molar-refractivity contribution in [2.24, 2.45) is 0 Å². The predicted octanol–water partition coefficient (Wildman–Crippen LogP) is 5.23. The minimum Gasteiger partial charge on any atom is -0.480 e. The van der Waals surface area contributed by atoms with Crippen LogP contribution in [0, 0.1) is 6.92 Å². The molecule has 1 atom stereocenters. The van der Waals surface area contributed by atoms with E-state index in [1.54, 1.807) is 23.3 Å². The number of thiazole rings is 1. The summed E-state index contributed by atoms with van der Waals surface area (Å²) >= 11 is 3.08. The van der Waals surface area contributed by atoms with Gasteiger partial charge in [0.15, 0.2) is 0 Å². The number of benzene rings is 2. The zero-order chi connectivity index (χ0) is 22.2. The lowest BCUT2D eigenvalue weighted by Gasteiger charge is -2.17. The Labute approximate surface area is 190 Å². The highest BCUT2D eigenvalue weighted by atomic mass is 32.2. The van der Waals surface area contributed by atoms with Crippen molar-refractivity contribution < 1.29 is 14.7 Å². The molecule has 1 amide bonds.